The van der Waals surface area contributed by atoms with Crippen LogP contribution in [0.3, 0.4) is 0 Å². The van der Waals surface area contributed by atoms with Gasteiger partial charge in [-0.2, -0.15) is 0 Å². The SMILES string of the molecule is CC1(C)C2OCCCC2C1(N)C(=O)Nc1cccc(Br)c1. The standard InChI is InChI=1S/C16H21BrN2O2/c1-15(2)13-12(7-4-8-21-13)16(15,18)14(20)19-11-6-3-5-10(17)9-11/h3,5-6,9,12-13H,4,7-8,18H2,1-2H3,(H,19,20). The van der Waals surface area contributed by atoms with E-state index in [1.165, 1.54) is 0 Å². The molecule has 0 aromatic heterocycles. The highest BCUT2D eigenvalue weighted by Gasteiger charge is 2.70. The topological polar surface area (TPSA) is 64.3 Å². The van der Waals surface area contributed by atoms with Crippen LogP contribution in [-0.2, 0) is 9.53 Å². The predicted octanol–water partition coefficient (Wildman–Crippen LogP) is 2.92. The van der Waals surface area contributed by atoms with E-state index in [1.807, 2.05) is 38.1 Å². The number of anilines is 1. The number of nitrogens with two attached hydrogens (primary N) is 1. The summed E-state index contributed by atoms with van der Waals surface area (Å²) in [5, 5.41) is 2.96. The van der Waals surface area contributed by atoms with Crippen molar-refractivity contribution in [2.45, 2.75) is 38.3 Å². The third-order valence-corrected chi connectivity index (χ3v) is 5.64. The second kappa shape index (κ2) is 5.07. The summed E-state index contributed by atoms with van der Waals surface area (Å²) in [5.41, 5.74) is 6.09. The quantitative estimate of drug-likeness (QED) is 0.859. The van der Waals surface area contributed by atoms with Crippen LogP contribution in [0.5, 0.6) is 0 Å². The summed E-state index contributed by atoms with van der Waals surface area (Å²) >= 11 is 3.41. The highest BCUT2D eigenvalue weighted by molar-refractivity contribution is 9.10. The fourth-order valence-corrected chi connectivity index (χ4v) is 4.24. The number of benzene rings is 1. The summed E-state index contributed by atoms with van der Waals surface area (Å²) in [6.07, 6.45) is 2.01. The molecule has 0 spiro atoms. The molecule has 0 radical (unpaired) electrons. The summed E-state index contributed by atoms with van der Waals surface area (Å²) in [6.45, 7) is 4.83. The zero-order valence-electron chi connectivity index (χ0n) is 12.4. The minimum Gasteiger partial charge on any atom is -0.377 e. The number of amides is 1. The lowest BCUT2D eigenvalue weighted by Gasteiger charge is -2.65. The maximum absolute atomic E-state index is 12.8. The predicted molar refractivity (Wildman–Crippen MR) is 85.9 cm³/mol. The molecule has 21 heavy (non-hydrogen) atoms. The Labute approximate surface area is 133 Å². The number of rotatable bonds is 2. The highest BCUT2D eigenvalue weighted by Crippen LogP contribution is 2.57. The molecule has 1 saturated carbocycles. The molecule has 1 saturated heterocycles. The van der Waals surface area contributed by atoms with Crippen molar-refractivity contribution in [2.24, 2.45) is 17.1 Å². The van der Waals surface area contributed by atoms with Gasteiger partial charge in [0.15, 0.2) is 0 Å². The normalized spacial score (nSPS) is 33.7. The number of nitrogens with one attached hydrogen (secondary N) is 1. The molecule has 1 heterocycles. The van der Waals surface area contributed by atoms with Crippen molar-refractivity contribution in [1.82, 2.24) is 0 Å². The third-order valence-electron chi connectivity index (χ3n) is 5.14. The van der Waals surface area contributed by atoms with Crippen LogP contribution in [0, 0.1) is 11.3 Å². The molecule has 0 bridgehead atoms. The average molecular weight is 353 g/mol. The fourth-order valence-electron chi connectivity index (χ4n) is 3.84. The monoisotopic (exact) mass is 352 g/mol. The first-order valence-electron chi connectivity index (χ1n) is 7.35. The minimum absolute atomic E-state index is 0.0875. The number of hydrogen-bond acceptors (Lipinski definition) is 3. The Hall–Kier alpha value is -0.910. The van der Waals surface area contributed by atoms with Crippen LogP contribution in [0.1, 0.15) is 26.7 Å². The van der Waals surface area contributed by atoms with Crippen molar-refractivity contribution in [3.8, 4) is 0 Å². The summed E-state index contributed by atoms with van der Waals surface area (Å²) < 4.78 is 6.77. The Morgan fingerprint density at radius 2 is 2.24 bits per heavy atom. The van der Waals surface area contributed by atoms with Crippen molar-refractivity contribution in [3.63, 3.8) is 0 Å². The third kappa shape index (κ3) is 2.14. The largest absolute Gasteiger partial charge is 0.377 e. The van der Waals surface area contributed by atoms with Gasteiger partial charge in [-0.3, -0.25) is 4.79 Å². The molecule has 1 aromatic rings. The highest BCUT2D eigenvalue weighted by atomic mass is 79.9. The molecule has 3 rings (SSSR count). The molecule has 1 aliphatic carbocycles. The van der Waals surface area contributed by atoms with E-state index in [0.29, 0.717) is 0 Å². The number of carbonyl (C=O) groups is 1. The minimum atomic E-state index is -0.875. The molecule has 1 amide bonds. The molecule has 114 valence electrons. The van der Waals surface area contributed by atoms with Gasteiger partial charge in [0.1, 0.15) is 5.54 Å². The van der Waals surface area contributed by atoms with E-state index in [1.54, 1.807) is 0 Å². The van der Waals surface area contributed by atoms with E-state index in [2.05, 4.69) is 21.2 Å². The first-order valence-corrected chi connectivity index (χ1v) is 8.14. The average Bonchev–Trinajstić information content (AvgIpc) is 2.46. The number of carbonyl (C=O) groups excluding carboxylic acids is 1. The molecule has 1 aromatic carbocycles. The lowest BCUT2D eigenvalue weighted by molar-refractivity contribution is -0.222. The first-order chi connectivity index (χ1) is 9.87. The summed E-state index contributed by atoms with van der Waals surface area (Å²) in [7, 11) is 0. The molecule has 3 atom stereocenters. The van der Waals surface area contributed by atoms with Gasteiger partial charge in [-0.1, -0.05) is 35.8 Å². The van der Waals surface area contributed by atoms with E-state index >= 15 is 0 Å². The van der Waals surface area contributed by atoms with Gasteiger partial charge in [0.05, 0.1) is 6.10 Å². The number of ether oxygens (including phenoxy) is 1. The number of halogens is 1. The lowest BCUT2D eigenvalue weighted by Crippen LogP contribution is -2.81. The Kier molecular flexibility index (Phi) is 3.62. The Morgan fingerprint density at radius 1 is 1.48 bits per heavy atom. The van der Waals surface area contributed by atoms with Crippen molar-refractivity contribution in [2.75, 3.05) is 11.9 Å². The number of fused-ring (bicyclic) bond motifs is 1. The lowest BCUT2D eigenvalue weighted by atomic mass is 9.46. The van der Waals surface area contributed by atoms with Crippen molar-refractivity contribution in [1.29, 1.82) is 0 Å². The van der Waals surface area contributed by atoms with Gasteiger partial charge in [0.25, 0.3) is 0 Å². The molecule has 2 aliphatic rings. The van der Waals surface area contributed by atoms with Crippen LogP contribution in [0.25, 0.3) is 0 Å². The van der Waals surface area contributed by atoms with Gasteiger partial charge in [0.2, 0.25) is 5.91 Å². The molecular weight excluding hydrogens is 332 g/mol. The van der Waals surface area contributed by atoms with Crippen LogP contribution in [-0.4, -0.2) is 24.2 Å². The van der Waals surface area contributed by atoms with E-state index < -0.39 is 5.54 Å². The number of hydrogen-bond donors (Lipinski definition) is 2. The van der Waals surface area contributed by atoms with E-state index in [4.69, 9.17) is 10.5 Å². The van der Waals surface area contributed by atoms with E-state index in [0.717, 1.165) is 29.6 Å². The van der Waals surface area contributed by atoms with Crippen molar-refractivity contribution >= 4 is 27.5 Å². The first kappa shape index (κ1) is 15.0. The smallest absolute Gasteiger partial charge is 0.245 e. The molecule has 4 nitrogen and oxygen atoms in total. The molecule has 3 unspecified atom stereocenters. The summed E-state index contributed by atoms with van der Waals surface area (Å²) in [6, 6.07) is 7.56. The van der Waals surface area contributed by atoms with Gasteiger partial charge in [-0.25, -0.2) is 0 Å². The van der Waals surface area contributed by atoms with Crippen molar-refractivity contribution in [3.05, 3.63) is 28.7 Å². The van der Waals surface area contributed by atoms with Crippen LogP contribution in [0.15, 0.2) is 28.7 Å². The van der Waals surface area contributed by atoms with Crippen LogP contribution in [0.4, 0.5) is 5.69 Å². The maximum atomic E-state index is 12.8. The Morgan fingerprint density at radius 3 is 2.95 bits per heavy atom. The second-order valence-electron chi connectivity index (χ2n) is 6.60. The molecule has 1 aliphatic heterocycles. The summed E-state index contributed by atoms with van der Waals surface area (Å²) in [5.74, 6) is -0.00856. The van der Waals surface area contributed by atoms with Gasteiger partial charge < -0.3 is 15.8 Å². The molecular formula is C16H21BrN2O2. The Balaban J connectivity index is 1.83. The van der Waals surface area contributed by atoms with Gasteiger partial charge in [-0.15, -0.1) is 0 Å². The fraction of sp³-hybridized carbons (Fsp3) is 0.562. The molecule has 5 heteroatoms. The van der Waals surface area contributed by atoms with E-state index in [-0.39, 0.29) is 23.3 Å². The van der Waals surface area contributed by atoms with Gasteiger partial charge in [0, 0.05) is 28.1 Å². The van der Waals surface area contributed by atoms with Gasteiger partial charge in [-0.05, 0) is 31.0 Å². The maximum Gasteiger partial charge on any atom is 0.245 e. The zero-order chi connectivity index (χ0) is 15.3. The van der Waals surface area contributed by atoms with Crippen LogP contribution < -0.4 is 11.1 Å². The zero-order valence-corrected chi connectivity index (χ0v) is 13.9. The molecule has 2 fully saturated rings. The van der Waals surface area contributed by atoms with E-state index in [9.17, 15) is 4.79 Å². The second-order valence-corrected chi connectivity index (χ2v) is 7.51. The molecule has 3 N–H and O–H groups in total. The Bertz CT molecular complexity index is 575. The summed E-state index contributed by atoms with van der Waals surface area (Å²) in [4.78, 5) is 12.8. The van der Waals surface area contributed by atoms with Crippen molar-refractivity contribution < 1.29 is 9.53 Å². The van der Waals surface area contributed by atoms with Crippen LogP contribution >= 0.6 is 15.9 Å². The van der Waals surface area contributed by atoms with Crippen LogP contribution in [0.2, 0.25) is 0 Å². The van der Waals surface area contributed by atoms with Gasteiger partial charge >= 0.3 is 0 Å².